The summed E-state index contributed by atoms with van der Waals surface area (Å²) in [7, 11) is 5.03. The normalized spacial score (nSPS) is 16.6. The quantitative estimate of drug-likeness (QED) is 0.266. The van der Waals surface area contributed by atoms with Crippen molar-refractivity contribution in [3.8, 4) is 5.75 Å². The van der Waals surface area contributed by atoms with Gasteiger partial charge < -0.3 is 25.0 Å². The van der Waals surface area contributed by atoms with E-state index in [1.54, 1.807) is 44.2 Å². The number of esters is 1. The number of amides is 1. The number of hydrogen-bond acceptors (Lipinski definition) is 9. The van der Waals surface area contributed by atoms with Crippen molar-refractivity contribution in [1.29, 1.82) is 0 Å². The predicted octanol–water partition coefficient (Wildman–Crippen LogP) is 2.66. The van der Waals surface area contributed by atoms with Crippen LogP contribution in [-0.2, 0) is 32.0 Å². The summed E-state index contributed by atoms with van der Waals surface area (Å²) < 4.78 is 34.6. The first-order valence-corrected chi connectivity index (χ1v) is 13.9. The molecule has 1 aliphatic rings. The molecule has 3 aromatic rings. The third kappa shape index (κ3) is 5.76. The second-order valence-corrected chi connectivity index (χ2v) is 10.6. The number of nitrogen functional groups attached to an aromatic ring is 1. The number of carbonyl (C=O) groups is 2. The van der Waals surface area contributed by atoms with E-state index in [2.05, 4.69) is 9.97 Å². The molecule has 0 saturated carbocycles. The number of fused-ring (bicyclic) bond motifs is 1. The lowest BCUT2D eigenvalue weighted by atomic mass is 10.00. The fourth-order valence-corrected chi connectivity index (χ4v) is 5.87. The van der Waals surface area contributed by atoms with Gasteiger partial charge in [-0.1, -0.05) is 11.6 Å². The lowest BCUT2D eigenvalue weighted by molar-refractivity contribution is -0.153. The summed E-state index contributed by atoms with van der Waals surface area (Å²) in [5, 5.41) is 1.74. The van der Waals surface area contributed by atoms with E-state index in [9.17, 15) is 18.4 Å². The third-order valence-electron chi connectivity index (χ3n) is 6.69. The van der Waals surface area contributed by atoms with Crippen LogP contribution in [0.1, 0.15) is 18.9 Å². The summed E-state index contributed by atoms with van der Waals surface area (Å²) in [6, 6.07) is 4.82. The molecule has 3 heterocycles. The van der Waals surface area contributed by atoms with Crippen molar-refractivity contribution in [3.05, 3.63) is 47.2 Å². The van der Waals surface area contributed by atoms with Crippen LogP contribution in [0.3, 0.4) is 0 Å². The molecule has 0 spiro atoms. The molecule has 0 aliphatic carbocycles. The molecule has 3 N–H and O–H groups in total. The number of rotatable bonds is 10. The highest BCUT2D eigenvalue weighted by molar-refractivity contribution is 7.80. The molecule has 1 aromatic carbocycles. The van der Waals surface area contributed by atoms with Crippen molar-refractivity contribution in [2.75, 3.05) is 49.3 Å². The second-order valence-electron chi connectivity index (χ2n) is 9.34. The Morgan fingerprint density at radius 3 is 2.70 bits per heavy atom. The number of carbonyl (C=O) groups excluding carboxylic acids is 2. The van der Waals surface area contributed by atoms with E-state index < -0.39 is 35.2 Å². The molecule has 1 unspecified atom stereocenters. The topological polar surface area (TPSA) is 151 Å². The number of methoxy groups -OCH3 is 1. The molecule has 0 bridgehead atoms. The molecule has 1 aliphatic heterocycles. The minimum atomic E-state index is -2.57. The molecule has 214 valence electrons. The number of anilines is 3. The number of likely N-dealkylation sites (tertiary alicyclic amines) is 1. The number of hydrogen-bond donors (Lipinski definition) is 2. The van der Waals surface area contributed by atoms with Crippen LogP contribution in [-0.4, -0.2) is 81.9 Å². The zero-order valence-corrected chi connectivity index (χ0v) is 24.1. The van der Waals surface area contributed by atoms with E-state index in [0.29, 0.717) is 28.3 Å². The van der Waals surface area contributed by atoms with Crippen LogP contribution in [0.5, 0.6) is 5.75 Å². The number of nitrogens with zero attached hydrogens (tertiary/aromatic N) is 5. The standard InChI is InChI=1S/C26H31ClN6O6S/c1-5-39-26(35)21(11-16-10-15-6-8-29-23(28)18(15)13-22(16)38-4)32-9-7-20(25(32)34)33(40(36)37)17-12-19(27)24(30-14-17)31(2)3/h6,8,10,12-14,20-21H,5,7,9,11H2,1-4H3,(H2,28,29)(H,36,37)/t20-,21+/m0/s1. The molecule has 4 rings (SSSR count). The summed E-state index contributed by atoms with van der Waals surface area (Å²) in [4.78, 5) is 38.4. The Hall–Kier alpha value is -3.68. The maximum absolute atomic E-state index is 13.7. The number of halogens is 1. The van der Waals surface area contributed by atoms with Crippen molar-refractivity contribution in [2.45, 2.75) is 31.8 Å². The first-order chi connectivity index (χ1) is 19.1. The summed E-state index contributed by atoms with van der Waals surface area (Å²) in [6.45, 7) is 1.96. The van der Waals surface area contributed by atoms with Crippen LogP contribution in [0.25, 0.3) is 10.8 Å². The molecule has 3 atom stereocenters. The van der Waals surface area contributed by atoms with Crippen LogP contribution >= 0.6 is 11.6 Å². The van der Waals surface area contributed by atoms with E-state index in [1.165, 1.54) is 24.3 Å². The van der Waals surface area contributed by atoms with E-state index in [4.69, 9.17) is 26.8 Å². The van der Waals surface area contributed by atoms with Gasteiger partial charge in [0.25, 0.3) is 11.3 Å². The van der Waals surface area contributed by atoms with Crippen molar-refractivity contribution in [3.63, 3.8) is 0 Å². The maximum atomic E-state index is 13.7. The van der Waals surface area contributed by atoms with Crippen LogP contribution in [0.2, 0.25) is 5.02 Å². The summed E-state index contributed by atoms with van der Waals surface area (Å²) in [5.74, 6) is 0.195. The molecule has 14 heteroatoms. The van der Waals surface area contributed by atoms with Gasteiger partial charge in [-0.25, -0.2) is 19.0 Å². The highest BCUT2D eigenvalue weighted by atomic mass is 35.5. The Kier molecular flexibility index (Phi) is 8.96. The van der Waals surface area contributed by atoms with E-state index >= 15 is 0 Å². The summed E-state index contributed by atoms with van der Waals surface area (Å²) >= 11 is 3.78. The molecule has 2 aromatic heterocycles. The predicted molar refractivity (Wildman–Crippen MR) is 154 cm³/mol. The Bertz CT molecular complexity index is 1460. The largest absolute Gasteiger partial charge is 0.496 e. The number of ether oxygens (including phenoxy) is 2. The molecular weight excluding hydrogens is 560 g/mol. The van der Waals surface area contributed by atoms with Gasteiger partial charge in [-0.3, -0.25) is 13.7 Å². The van der Waals surface area contributed by atoms with Gasteiger partial charge in [0.2, 0.25) is 5.91 Å². The fraction of sp³-hybridized carbons (Fsp3) is 0.385. The average Bonchev–Trinajstić information content (AvgIpc) is 3.27. The number of benzene rings is 1. The van der Waals surface area contributed by atoms with Crippen LogP contribution in [0.4, 0.5) is 17.3 Å². The minimum Gasteiger partial charge on any atom is -0.496 e. The minimum absolute atomic E-state index is 0.0891. The van der Waals surface area contributed by atoms with Gasteiger partial charge in [0, 0.05) is 38.6 Å². The summed E-state index contributed by atoms with van der Waals surface area (Å²) in [5.41, 5.74) is 6.89. The van der Waals surface area contributed by atoms with Gasteiger partial charge in [0.05, 0.1) is 30.6 Å². The lowest BCUT2D eigenvalue weighted by Gasteiger charge is -2.29. The third-order valence-corrected chi connectivity index (χ3v) is 7.77. The molecule has 1 fully saturated rings. The molecule has 1 saturated heterocycles. The SMILES string of the molecule is CCOC(=O)[C@@H](Cc1cc2ccnc(N)c2cc1OC)N1CC[C@H](N(c2cnc(N(C)C)c(Cl)c2)S(=O)O)C1=O. The first kappa shape index (κ1) is 29.3. The van der Waals surface area contributed by atoms with Gasteiger partial charge in [-0.05, 0) is 48.6 Å². The Labute approximate surface area is 239 Å². The van der Waals surface area contributed by atoms with Gasteiger partial charge in [0.15, 0.2) is 0 Å². The Morgan fingerprint density at radius 1 is 1.32 bits per heavy atom. The maximum Gasteiger partial charge on any atom is 0.329 e. The van der Waals surface area contributed by atoms with Crippen LogP contribution in [0, 0.1) is 0 Å². The van der Waals surface area contributed by atoms with Crippen molar-refractivity contribution in [2.24, 2.45) is 0 Å². The van der Waals surface area contributed by atoms with Crippen molar-refractivity contribution >= 4 is 62.8 Å². The van der Waals surface area contributed by atoms with E-state index in [-0.39, 0.29) is 36.7 Å². The van der Waals surface area contributed by atoms with Crippen molar-refractivity contribution in [1.82, 2.24) is 14.9 Å². The van der Waals surface area contributed by atoms with E-state index in [0.717, 1.165) is 9.69 Å². The number of aromatic nitrogens is 2. The second kappa shape index (κ2) is 12.2. The first-order valence-electron chi connectivity index (χ1n) is 12.5. The average molecular weight is 591 g/mol. The molecule has 40 heavy (non-hydrogen) atoms. The van der Waals surface area contributed by atoms with Crippen molar-refractivity contribution < 1.29 is 27.8 Å². The molecule has 0 radical (unpaired) electrons. The zero-order valence-electron chi connectivity index (χ0n) is 22.5. The van der Waals surface area contributed by atoms with Gasteiger partial charge in [-0.2, -0.15) is 0 Å². The van der Waals surface area contributed by atoms with Gasteiger partial charge in [0.1, 0.15) is 29.5 Å². The number of nitrogens with two attached hydrogens (primary N) is 1. The van der Waals surface area contributed by atoms with Gasteiger partial charge in [-0.15, -0.1) is 0 Å². The lowest BCUT2D eigenvalue weighted by Crippen LogP contribution is -2.49. The Balaban J connectivity index is 1.68. The monoisotopic (exact) mass is 590 g/mol. The smallest absolute Gasteiger partial charge is 0.329 e. The molecule has 12 nitrogen and oxygen atoms in total. The van der Waals surface area contributed by atoms with Gasteiger partial charge >= 0.3 is 5.97 Å². The fourth-order valence-electron chi connectivity index (χ4n) is 4.85. The molecule has 1 amide bonds. The zero-order chi connectivity index (χ0) is 29.1. The Morgan fingerprint density at radius 2 is 2.08 bits per heavy atom. The summed E-state index contributed by atoms with van der Waals surface area (Å²) in [6.07, 6.45) is 3.24. The molecular formula is C26H31ClN6O6S. The van der Waals surface area contributed by atoms with Crippen LogP contribution < -0.4 is 19.7 Å². The number of pyridine rings is 2. The highest BCUT2D eigenvalue weighted by Crippen LogP contribution is 2.34. The highest BCUT2D eigenvalue weighted by Gasteiger charge is 2.44. The van der Waals surface area contributed by atoms with E-state index in [1.807, 2.05) is 6.07 Å². The van der Waals surface area contributed by atoms with Crippen LogP contribution in [0.15, 0.2) is 36.7 Å².